The fourth-order valence-corrected chi connectivity index (χ4v) is 3.23. The average molecular weight is 263 g/mol. The van der Waals surface area contributed by atoms with Gasteiger partial charge in [-0.15, -0.1) is 0 Å². The van der Waals surface area contributed by atoms with Crippen LogP contribution in [0.25, 0.3) is 0 Å². The zero-order valence-electron chi connectivity index (χ0n) is 11.5. The van der Waals surface area contributed by atoms with E-state index in [1.807, 2.05) is 4.90 Å². The normalized spacial score (nSPS) is 22.1. The first kappa shape index (κ1) is 12.7. The first-order valence-electron chi connectivity index (χ1n) is 7.20. The molecule has 0 bridgehead atoms. The number of hydrogen-bond donors (Lipinski definition) is 0. The summed E-state index contributed by atoms with van der Waals surface area (Å²) >= 11 is 0. The van der Waals surface area contributed by atoms with Crippen LogP contribution in [0.15, 0.2) is 10.7 Å². The van der Waals surface area contributed by atoms with Gasteiger partial charge in [0, 0.05) is 32.2 Å². The van der Waals surface area contributed by atoms with Gasteiger partial charge in [-0.1, -0.05) is 18.0 Å². The highest BCUT2D eigenvalue weighted by atomic mass is 16.5. The molecular weight excluding hydrogens is 242 g/mol. The molecule has 1 aliphatic carbocycles. The van der Waals surface area contributed by atoms with Crippen molar-refractivity contribution in [3.63, 3.8) is 0 Å². The predicted octanol–water partition coefficient (Wildman–Crippen LogP) is 1.68. The van der Waals surface area contributed by atoms with Gasteiger partial charge < -0.3 is 9.42 Å². The standard InChI is InChI=1S/C14H21N3O2/c1-11-13(10-15-19-11)14(18)17-8-6-16(7-9-17)12-4-2-3-5-12/h10,12H,2-9H2,1H3. The van der Waals surface area contributed by atoms with Crippen molar-refractivity contribution in [2.24, 2.45) is 0 Å². The van der Waals surface area contributed by atoms with E-state index in [1.165, 1.54) is 31.9 Å². The molecule has 1 amide bonds. The Morgan fingerprint density at radius 1 is 1.26 bits per heavy atom. The van der Waals surface area contributed by atoms with Crippen molar-refractivity contribution in [3.05, 3.63) is 17.5 Å². The first-order valence-corrected chi connectivity index (χ1v) is 7.20. The second kappa shape index (κ2) is 5.33. The van der Waals surface area contributed by atoms with Gasteiger partial charge in [-0.3, -0.25) is 9.69 Å². The predicted molar refractivity (Wildman–Crippen MR) is 71.0 cm³/mol. The van der Waals surface area contributed by atoms with Crippen LogP contribution in [0.1, 0.15) is 41.8 Å². The van der Waals surface area contributed by atoms with Gasteiger partial charge in [0.1, 0.15) is 11.3 Å². The van der Waals surface area contributed by atoms with E-state index in [0.717, 1.165) is 32.2 Å². The number of carbonyl (C=O) groups excluding carboxylic acids is 1. The van der Waals surface area contributed by atoms with E-state index < -0.39 is 0 Å². The number of carbonyl (C=O) groups is 1. The number of amides is 1. The average Bonchev–Trinajstić information content (AvgIpc) is 3.09. The molecule has 5 nitrogen and oxygen atoms in total. The molecule has 0 atom stereocenters. The number of aryl methyl sites for hydroxylation is 1. The van der Waals surface area contributed by atoms with Gasteiger partial charge in [0.15, 0.2) is 0 Å². The van der Waals surface area contributed by atoms with E-state index in [2.05, 4.69) is 10.1 Å². The molecular formula is C14H21N3O2. The van der Waals surface area contributed by atoms with Crippen LogP contribution < -0.4 is 0 Å². The Bertz CT molecular complexity index is 443. The molecule has 0 radical (unpaired) electrons. The van der Waals surface area contributed by atoms with Crippen LogP contribution in [-0.2, 0) is 0 Å². The third-order valence-electron chi connectivity index (χ3n) is 4.42. The van der Waals surface area contributed by atoms with E-state index in [0.29, 0.717) is 11.3 Å². The fourth-order valence-electron chi connectivity index (χ4n) is 3.23. The summed E-state index contributed by atoms with van der Waals surface area (Å²) in [4.78, 5) is 16.8. The van der Waals surface area contributed by atoms with Crippen molar-refractivity contribution >= 4 is 5.91 Å². The molecule has 1 aliphatic heterocycles. The first-order chi connectivity index (χ1) is 9.25. The Kier molecular flexibility index (Phi) is 3.55. The molecule has 2 aliphatic rings. The molecule has 1 saturated carbocycles. The van der Waals surface area contributed by atoms with Gasteiger partial charge in [0.25, 0.3) is 5.91 Å². The molecule has 1 aromatic rings. The van der Waals surface area contributed by atoms with E-state index in [9.17, 15) is 4.79 Å². The zero-order valence-corrected chi connectivity index (χ0v) is 11.5. The summed E-state index contributed by atoms with van der Waals surface area (Å²) in [6.45, 7) is 5.43. The summed E-state index contributed by atoms with van der Waals surface area (Å²) in [5.74, 6) is 0.674. The second-order valence-electron chi connectivity index (χ2n) is 5.56. The third kappa shape index (κ3) is 2.52. The lowest BCUT2D eigenvalue weighted by atomic mass is 10.1. The summed E-state index contributed by atoms with van der Waals surface area (Å²) in [7, 11) is 0. The number of hydrogen-bond acceptors (Lipinski definition) is 4. The van der Waals surface area contributed by atoms with E-state index >= 15 is 0 Å². The molecule has 0 N–H and O–H groups in total. The van der Waals surface area contributed by atoms with Crippen molar-refractivity contribution in [1.29, 1.82) is 0 Å². The molecule has 0 aromatic carbocycles. The molecule has 1 saturated heterocycles. The van der Waals surface area contributed by atoms with E-state index in [1.54, 1.807) is 6.92 Å². The topological polar surface area (TPSA) is 49.6 Å². The van der Waals surface area contributed by atoms with Crippen molar-refractivity contribution in [2.45, 2.75) is 38.6 Å². The maximum Gasteiger partial charge on any atom is 0.259 e. The van der Waals surface area contributed by atoms with Crippen molar-refractivity contribution < 1.29 is 9.32 Å². The number of aromatic nitrogens is 1. The minimum Gasteiger partial charge on any atom is -0.361 e. The highest BCUT2D eigenvalue weighted by molar-refractivity contribution is 5.94. The van der Waals surface area contributed by atoms with Crippen LogP contribution in [0.2, 0.25) is 0 Å². The molecule has 5 heteroatoms. The van der Waals surface area contributed by atoms with Crippen molar-refractivity contribution in [2.75, 3.05) is 26.2 Å². The molecule has 0 spiro atoms. The van der Waals surface area contributed by atoms with Gasteiger partial charge in [0.2, 0.25) is 0 Å². The number of piperazine rings is 1. The molecule has 104 valence electrons. The molecule has 19 heavy (non-hydrogen) atoms. The maximum absolute atomic E-state index is 12.3. The summed E-state index contributed by atoms with van der Waals surface area (Å²) in [5.41, 5.74) is 0.606. The molecule has 3 rings (SSSR count). The largest absolute Gasteiger partial charge is 0.361 e. The van der Waals surface area contributed by atoms with E-state index in [4.69, 9.17) is 4.52 Å². The van der Waals surface area contributed by atoms with Crippen LogP contribution in [0.5, 0.6) is 0 Å². The summed E-state index contributed by atoms with van der Waals surface area (Å²) < 4.78 is 4.97. The monoisotopic (exact) mass is 263 g/mol. The molecule has 2 heterocycles. The molecule has 0 unspecified atom stereocenters. The Labute approximate surface area is 113 Å². The van der Waals surface area contributed by atoms with Crippen LogP contribution in [0, 0.1) is 6.92 Å². The van der Waals surface area contributed by atoms with Crippen LogP contribution in [0.4, 0.5) is 0 Å². The van der Waals surface area contributed by atoms with Gasteiger partial charge >= 0.3 is 0 Å². The van der Waals surface area contributed by atoms with E-state index in [-0.39, 0.29) is 5.91 Å². The van der Waals surface area contributed by atoms with Crippen LogP contribution >= 0.6 is 0 Å². The number of nitrogens with zero attached hydrogens (tertiary/aromatic N) is 3. The lowest BCUT2D eigenvalue weighted by Gasteiger charge is -2.37. The van der Waals surface area contributed by atoms with Crippen molar-refractivity contribution in [3.8, 4) is 0 Å². The molecule has 2 fully saturated rings. The summed E-state index contributed by atoms with van der Waals surface area (Å²) in [6, 6.07) is 0.759. The van der Waals surface area contributed by atoms with Gasteiger partial charge in [0.05, 0.1) is 6.20 Å². The van der Waals surface area contributed by atoms with Crippen LogP contribution in [0.3, 0.4) is 0 Å². The zero-order chi connectivity index (χ0) is 13.2. The Morgan fingerprint density at radius 3 is 2.53 bits per heavy atom. The fraction of sp³-hybridized carbons (Fsp3) is 0.714. The number of rotatable bonds is 2. The highest BCUT2D eigenvalue weighted by Gasteiger charge is 2.29. The van der Waals surface area contributed by atoms with Gasteiger partial charge in [-0.05, 0) is 19.8 Å². The third-order valence-corrected chi connectivity index (χ3v) is 4.42. The SMILES string of the molecule is Cc1oncc1C(=O)N1CCN(C2CCCC2)CC1. The van der Waals surface area contributed by atoms with Gasteiger partial charge in [-0.2, -0.15) is 0 Å². The minimum absolute atomic E-state index is 0.0600. The minimum atomic E-state index is 0.0600. The smallest absolute Gasteiger partial charge is 0.259 e. The lowest BCUT2D eigenvalue weighted by Crippen LogP contribution is -2.51. The lowest BCUT2D eigenvalue weighted by molar-refractivity contribution is 0.0572. The molecule has 1 aromatic heterocycles. The Morgan fingerprint density at radius 2 is 1.95 bits per heavy atom. The highest BCUT2D eigenvalue weighted by Crippen LogP contribution is 2.24. The second-order valence-corrected chi connectivity index (χ2v) is 5.56. The maximum atomic E-state index is 12.3. The summed E-state index contributed by atoms with van der Waals surface area (Å²) in [5, 5.41) is 3.68. The quantitative estimate of drug-likeness (QED) is 0.814. The summed E-state index contributed by atoms with van der Waals surface area (Å²) in [6.07, 6.45) is 6.92. The Balaban J connectivity index is 1.58. The van der Waals surface area contributed by atoms with Crippen molar-refractivity contribution in [1.82, 2.24) is 15.0 Å². The Hall–Kier alpha value is -1.36. The van der Waals surface area contributed by atoms with Crippen LogP contribution in [-0.4, -0.2) is 53.1 Å². The van der Waals surface area contributed by atoms with Gasteiger partial charge in [-0.25, -0.2) is 0 Å².